The number of hydrogen-bond acceptors (Lipinski definition) is 6. The van der Waals surface area contributed by atoms with E-state index in [2.05, 4.69) is 10.6 Å². The lowest BCUT2D eigenvalue weighted by molar-refractivity contribution is -0.137. The van der Waals surface area contributed by atoms with Crippen molar-refractivity contribution in [1.29, 1.82) is 0 Å². The van der Waals surface area contributed by atoms with E-state index in [-0.39, 0.29) is 18.5 Å². The van der Waals surface area contributed by atoms with E-state index in [1.807, 2.05) is 0 Å². The third kappa shape index (κ3) is 6.13. The monoisotopic (exact) mass is 478 g/mol. The summed E-state index contributed by atoms with van der Waals surface area (Å²) in [6.07, 6.45) is -4.73. The van der Waals surface area contributed by atoms with Crippen molar-refractivity contribution in [2.45, 2.75) is 25.2 Å². The second-order valence-corrected chi connectivity index (χ2v) is 7.34. The van der Waals surface area contributed by atoms with Gasteiger partial charge in [-0.15, -0.1) is 0 Å². The van der Waals surface area contributed by atoms with Gasteiger partial charge in [-0.2, -0.15) is 13.2 Å². The van der Waals surface area contributed by atoms with Crippen LogP contribution in [-0.2, 0) is 28.7 Å². The van der Waals surface area contributed by atoms with Gasteiger partial charge >= 0.3 is 11.8 Å². The number of halogens is 3. The molecule has 0 aliphatic heterocycles. The van der Waals surface area contributed by atoms with Crippen LogP contribution in [0.1, 0.15) is 16.7 Å². The highest BCUT2D eigenvalue weighted by Gasteiger charge is 2.30. The minimum Gasteiger partial charge on any atom is -0.497 e. The number of rotatable bonds is 8. The molecule has 180 valence electrons. The topological polar surface area (TPSA) is 118 Å². The molecule has 0 fully saturated rings. The fraction of sp³-hybridized carbons (Fsp3) is 0.261. The molecule has 0 saturated carbocycles. The summed E-state index contributed by atoms with van der Waals surface area (Å²) in [5.41, 5.74) is -0.501. The van der Waals surface area contributed by atoms with E-state index >= 15 is 0 Å². The molecular weight excluding hydrogens is 457 g/mol. The largest absolute Gasteiger partial charge is 0.497 e. The van der Waals surface area contributed by atoms with Crippen LogP contribution in [0.25, 0.3) is 11.0 Å². The Labute approximate surface area is 191 Å². The highest BCUT2D eigenvalue weighted by atomic mass is 19.4. The Balaban J connectivity index is 1.63. The van der Waals surface area contributed by atoms with Gasteiger partial charge in [0.2, 0.25) is 11.8 Å². The molecule has 2 amide bonds. The molecule has 1 atom stereocenters. The number of hydrogen-bond donors (Lipinski definition) is 3. The van der Waals surface area contributed by atoms with Crippen molar-refractivity contribution in [2.24, 2.45) is 0 Å². The van der Waals surface area contributed by atoms with Crippen LogP contribution in [0.2, 0.25) is 0 Å². The molecule has 2 aromatic carbocycles. The van der Waals surface area contributed by atoms with E-state index in [4.69, 9.17) is 9.15 Å². The molecule has 1 unspecified atom stereocenters. The van der Waals surface area contributed by atoms with Crippen molar-refractivity contribution < 1.29 is 37.0 Å². The number of methoxy groups -OCH3 is 1. The average Bonchev–Trinajstić information content (AvgIpc) is 2.80. The molecule has 0 saturated heterocycles. The van der Waals surface area contributed by atoms with Crippen LogP contribution < -0.4 is 21.0 Å². The first-order valence-corrected chi connectivity index (χ1v) is 10.1. The van der Waals surface area contributed by atoms with Gasteiger partial charge in [0, 0.05) is 24.1 Å². The summed E-state index contributed by atoms with van der Waals surface area (Å²) in [7, 11) is 1.45. The van der Waals surface area contributed by atoms with Gasteiger partial charge in [0.15, 0.2) is 0 Å². The van der Waals surface area contributed by atoms with Crippen molar-refractivity contribution in [2.75, 3.05) is 13.7 Å². The minimum absolute atomic E-state index is 0.102. The van der Waals surface area contributed by atoms with E-state index in [0.717, 1.165) is 18.2 Å². The number of nitrogens with one attached hydrogen (secondary N) is 2. The number of benzene rings is 2. The number of fused-ring (bicyclic) bond motifs is 1. The molecule has 0 aliphatic rings. The first kappa shape index (κ1) is 24.8. The minimum atomic E-state index is -4.47. The molecule has 11 heteroatoms. The number of carbonyl (C=O) groups excluding carboxylic acids is 2. The van der Waals surface area contributed by atoms with Crippen LogP contribution in [0.4, 0.5) is 13.2 Å². The molecule has 1 heterocycles. The molecule has 3 N–H and O–H groups in total. The van der Waals surface area contributed by atoms with E-state index in [1.54, 1.807) is 12.1 Å². The number of carbonyl (C=O) groups is 2. The summed E-state index contributed by atoms with van der Waals surface area (Å²) in [6, 6.07) is 8.85. The lowest BCUT2D eigenvalue weighted by Gasteiger charge is -2.17. The Morgan fingerprint density at radius 3 is 2.44 bits per heavy atom. The lowest BCUT2D eigenvalue weighted by atomic mass is 10.1. The Bertz CT molecular complexity index is 1240. The summed E-state index contributed by atoms with van der Waals surface area (Å²) in [4.78, 5) is 36.7. The molecule has 3 aromatic rings. The van der Waals surface area contributed by atoms with Gasteiger partial charge in [0.05, 0.1) is 25.7 Å². The maximum atomic E-state index is 12.6. The van der Waals surface area contributed by atoms with Gasteiger partial charge < -0.3 is 24.9 Å². The zero-order valence-electron chi connectivity index (χ0n) is 17.9. The SMILES string of the molecule is COc1ccc2c(CC(=O)NC(CO)C(=O)NCc3ccc(C(F)(F)F)cc3)cc(=O)oc2c1. The molecule has 0 bridgehead atoms. The molecule has 8 nitrogen and oxygen atoms in total. The summed E-state index contributed by atoms with van der Waals surface area (Å²) in [5, 5.41) is 14.9. The van der Waals surface area contributed by atoms with Crippen LogP contribution in [0.15, 0.2) is 57.7 Å². The van der Waals surface area contributed by atoms with Gasteiger partial charge in [-0.1, -0.05) is 12.1 Å². The molecule has 0 spiro atoms. The van der Waals surface area contributed by atoms with Crippen LogP contribution in [-0.4, -0.2) is 36.7 Å². The van der Waals surface area contributed by atoms with Crippen molar-refractivity contribution in [3.05, 3.63) is 75.6 Å². The average molecular weight is 478 g/mol. The number of amides is 2. The Kier molecular flexibility index (Phi) is 7.57. The Morgan fingerprint density at radius 2 is 1.82 bits per heavy atom. The predicted octanol–water partition coefficient (Wildman–Crippen LogP) is 2.16. The lowest BCUT2D eigenvalue weighted by Crippen LogP contribution is -2.49. The van der Waals surface area contributed by atoms with E-state index in [0.29, 0.717) is 22.3 Å². The first-order chi connectivity index (χ1) is 16.1. The highest BCUT2D eigenvalue weighted by molar-refractivity contribution is 5.91. The van der Waals surface area contributed by atoms with Gasteiger partial charge in [-0.3, -0.25) is 9.59 Å². The van der Waals surface area contributed by atoms with Crippen molar-refractivity contribution in [3.8, 4) is 5.75 Å². The summed E-state index contributed by atoms with van der Waals surface area (Å²) in [6.45, 7) is -0.811. The quantitative estimate of drug-likeness (QED) is 0.427. The zero-order chi connectivity index (χ0) is 24.9. The maximum absolute atomic E-state index is 12.6. The molecule has 34 heavy (non-hydrogen) atoms. The van der Waals surface area contributed by atoms with E-state index in [9.17, 15) is 32.7 Å². The van der Waals surface area contributed by atoms with Crippen molar-refractivity contribution in [3.63, 3.8) is 0 Å². The summed E-state index contributed by atoms with van der Waals surface area (Å²) >= 11 is 0. The van der Waals surface area contributed by atoms with Crippen LogP contribution in [0.5, 0.6) is 5.75 Å². The van der Waals surface area contributed by atoms with Crippen molar-refractivity contribution in [1.82, 2.24) is 10.6 Å². The van der Waals surface area contributed by atoms with Crippen LogP contribution in [0, 0.1) is 0 Å². The fourth-order valence-corrected chi connectivity index (χ4v) is 3.22. The normalized spacial score (nSPS) is 12.3. The summed E-state index contributed by atoms with van der Waals surface area (Å²) < 4.78 is 48.1. The predicted molar refractivity (Wildman–Crippen MR) is 115 cm³/mol. The first-order valence-electron chi connectivity index (χ1n) is 10.1. The second-order valence-electron chi connectivity index (χ2n) is 7.34. The van der Waals surface area contributed by atoms with Gasteiger partial charge in [-0.05, 0) is 35.4 Å². The third-order valence-corrected chi connectivity index (χ3v) is 4.97. The van der Waals surface area contributed by atoms with Gasteiger partial charge in [0.25, 0.3) is 0 Å². The Hall–Kier alpha value is -3.86. The smallest absolute Gasteiger partial charge is 0.416 e. The molecular formula is C23H21F3N2O6. The molecule has 3 rings (SSSR count). The second kappa shape index (κ2) is 10.4. The molecule has 0 aliphatic carbocycles. The highest BCUT2D eigenvalue weighted by Crippen LogP contribution is 2.29. The van der Waals surface area contributed by atoms with Gasteiger partial charge in [-0.25, -0.2) is 4.79 Å². The summed E-state index contributed by atoms with van der Waals surface area (Å²) in [5.74, 6) is -0.897. The number of ether oxygens (including phenoxy) is 1. The number of alkyl halides is 3. The maximum Gasteiger partial charge on any atom is 0.416 e. The van der Waals surface area contributed by atoms with E-state index < -0.39 is 41.8 Å². The molecule has 1 aromatic heterocycles. The van der Waals surface area contributed by atoms with Crippen LogP contribution in [0.3, 0.4) is 0 Å². The van der Waals surface area contributed by atoms with Gasteiger partial charge in [0.1, 0.15) is 17.4 Å². The Morgan fingerprint density at radius 1 is 1.12 bits per heavy atom. The number of aliphatic hydroxyl groups is 1. The zero-order valence-corrected chi connectivity index (χ0v) is 17.9. The number of aliphatic hydroxyl groups excluding tert-OH is 1. The third-order valence-electron chi connectivity index (χ3n) is 4.97. The van der Waals surface area contributed by atoms with Crippen LogP contribution >= 0.6 is 0 Å². The standard InChI is InChI=1S/C23H21F3N2O6/c1-33-16-6-7-17-14(9-21(31)34-19(17)10-16)8-20(30)28-18(12-29)22(32)27-11-13-2-4-15(5-3-13)23(24,25)26/h2-7,9-10,18,29H,8,11-12H2,1H3,(H,27,32)(H,28,30). The molecule has 0 radical (unpaired) electrons. The van der Waals surface area contributed by atoms with E-state index in [1.165, 1.54) is 25.3 Å². The van der Waals surface area contributed by atoms with Crippen molar-refractivity contribution >= 4 is 22.8 Å². The fourth-order valence-electron chi connectivity index (χ4n) is 3.22.